The van der Waals surface area contributed by atoms with E-state index in [0.29, 0.717) is 17.9 Å². The lowest BCUT2D eigenvalue weighted by atomic mass is 9.88. The molecule has 5 nitrogen and oxygen atoms in total. The van der Waals surface area contributed by atoms with Crippen molar-refractivity contribution >= 4 is 11.6 Å². The van der Waals surface area contributed by atoms with E-state index in [-0.39, 0.29) is 0 Å². The molecule has 0 atom stereocenters. The largest absolute Gasteiger partial charge is 0.383 e. The smallest absolute Gasteiger partial charge is 0.109 e. The molecule has 1 fully saturated rings. The van der Waals surface area contributed by atoms with Gasteiger partial charge in [-0.25, -0.2) is 0 Å². The van der Waals surface area contributed by atoms with Gasteiger partial charge < -0.3 is 10.0 Å². The summed E-state index contributed by atoms with van der Waals surface area (Å²) in [5.41, 5.74) is -0.00393. The number of hydrogen-bond donors (Lipinski definition) is 1. The van der Waals surface area contributed by atoms with Gasteiger partial charge in [0.15, 0.2) is 0 Å². The number of halogens is 1. The molecule has 0 aliphatic carbocycles. The molecule has 6 heteroatoms. The lowest BCUT2D eigenvalue weighted by Crippen LogP contribution is -2.44. The zero-order chi connectivity index (χ0) is 14.7. The van der Waals surface area contributed by atoms with Crippen molar-refractivity contribution in [1.82, 2.24) is 19.7 Å². The fourth-order valence-corrected chi connectivity index (χ4v) is 2.90. The summed E-state index contributed by atoms with van der Waals surface area (Å²) < 4.78 is 1.85. The maximum atomic E-state index is 10.7. The summed E-state index contributed by atoms with van der Waals surface area (Å²) in [6.45, 7) is 3.45. The Balaban J connectivity index is 1.53. The van der Waals surface area contributed by atoms with Crippen LogP contribution in [-0.2, 0) is 12.1 Å². The molecule has 0 aromatic carbocycles. The molecule has 0 radical (unpaired) electrons. The van der Waals surface area contributed by atoms with Crippen LogP contribution in [0.4, 0.5) is 0 Å². The van der Waals surface area contributed by atoms with Crippen LogP contribution in [0.3, 0.4) is 0 Å². The second kappa shape index (κ2) is 6.13. The zero-order valence-electron chi connectivity index (χ0n) is 11.8. The van der Waals surface area contributed by atoms with Crippen LogP contribution in [-0.4, -0.2) is 44.4 Å². The molecule has 0 bridgehead atoms. The van der Waals surface area contributed by atoms with E-state index in [9.17, 15) is 5.11 Å². The number of piperidine rings is 1. The first-order valence-corrected chi connectivity index (χ1v) is 7.58. The molecule has 21 heavy (non-hydrogen) atoms. The van der Waals surface area contributed by atoms with E-state index in [2.05, 4.69) is 15.0 Å². The van der Waals surface area contributed by atoms with Crippen LogP contribution in [0, 0.1) is 0 Å². The van der Waals surface area contributed by atoms with Crippen molar-refractivity contribution in [1.29, 1.82) is 0 Å². The number of nitrogens with zero attached hydrogens (tertiary/aromatic N) is 4. The quantitative estimate of drug-likeness (QED) is 0.937. The molecule has 3 heterocycles. The van der Waals surface area contributed by atoms with Gasteiger partial charge in [0.25, 0.3) is 0 Å². The lowest BCUT2D eigenvalue weighted by Gasteiger charge is -2.37. The Bertz CT molecular complexity index is 578. The highest BCUT2D eigenvalue weighted by atomic mass is 35.5. The van der Waals surface area contributed by atoms with Gasteiger partial charge in [0, 0.05) is 32.0 Å². The Morgan fingerprint density at radius 3 is 2.67 bits per heavy atom. The average Bonchev–Trinajstić information content (AvgIpc) is 2.93. The van der Waals surface area contributed by atoms with Crippen molar-refractivity contribution in [3.8, 4) is 0 Å². The zero-order valence-corrected chi connectivity index (χ0v) is 12.6. The molecular weight excluding hydrogens is 288 g/mol. The van der Waals surface area contributed by atoms with E-state index in [1.165, 1.54) is 0 Å². The summed E-state index contributed by atoms with van der Waals surface area (Å²) in [5.74, 6) is 0. The number of likely N-dealkylation sites (tertiary alicyclic amines) is 1. The number of rotatable bonds is 4. The second-order valence-electron chi connectivity index (χ2n) is 5.51. The van der Waals surface area contributed by atoms with E-state index >= 15 is 0 Å². The summed E-state index contributed by atoms with van der Waals surface area (Å²) in [6, 6.07) is 5.70. The first kappa shape index (κ1) is 14.5. The monoisotopic (exact) mass is 306 g/mol. The van der Waals surface area contributed by atoms with Crippen LogP contribution in [0.15, 0.2) is 36.8 Å². The molecule has 2 aromatic rings. The van der Waals surface area contributed by atoms with Crippen LogP contribution in [0.1, 0.15) is 18.5 Å². The van der Waals surface area contributed by atoms with E-state index in [4.69, 9.17) is 11.6 Å². The predicted molar refractivity (Wildman–Crippen MR) is 81.0 cm³/mol. The third-order valence-corrected chi connectivity index (χ3v) is 4.27. The molecule has 0 amide bonds. The highest BCUT2D eigenvalue weighted by Crippen LogP contribution is 2.31. The summed E-state index contributed by atoms with van der Waals surface area (Å²) in [4.78, 5) is 6.64. The van der Waals surface area contributed by atoms with Crippen LogP contribution in [0.5, 0.6) is 0 Å². The van der Waals surface area contributed by atoms with E-state index in [1.54, 1.807) is 12.4 Å². The number of hydrogen-bond acceptors (Lipinski definition) is 4. The lowest BCUT2D eigenvalue weighted by molar-refractivity contribution is -0.0299. The van der Waals surface area contributed by atoms with Crippen LogP contribution >= 0.6 is 11.6 Å². The molecule has 1 saturated heterocycles. The maximum absolute atomic E-state index is 10.7. The summed E-state index contributed by atoms with van der Waals surface area (Å²) in [5, 5.41) is 15.6. The van der Waals surface area contributed by atoms with E-state index in [1.807, 2.05) is 29.1 Å². The van der Waals surface area contributed by atoms with Crippen LogP contribution in [0.2, 0.25) is 5.02 Å². The van der Waals surface area contributed by atoms with E-state index < -0.39 is 5.60 Å². The summed E-state index contributed by atoms with van der Waals surface area (Å²) in [6.07, 6.45) is 6.64. The van der Waals surface area contributed by atoms with Gasteiger partial charge in [-0.05, 0) is 25.0 Å². The SMILES string of the molecule is OC1(c2ccccn2)CCN(CCn2cc(Cl)cn2)CC1. The molecule has 1 N–H and O–H groups in total. The van der Waals surface area contributed by atoms with Crippen molar-refractivity contribution in [2.24, 2.45) is 0 Å². The van der Waals surface area contributed by atoms with Crippen molar-refractivity contribution < 1.29 is 5.11 Å². The van der Waals surface area contributed by atoms with Crippen molar-refractivity contribution in [2.45, 2.75) is 25.0 Å². The normalized spacial score (nSPS) is 18.8. The van der Waals surface area contributed by atoms with Gasteiger partial charge >= 0.3 is 0 Å². The molecule has 0 unspecified atom stereocenters. The molecule has 2 aromatic heterocycles. The minimum absolute atomic E-state index is 0.665. The Morgan fingerprint density at radius 1 is 1.24 bits per heavy atom. The third kappa shape index (κ3) is 3.43. The Labute approximate surface area is 129 Å². The standard InChI is InChI=1S/C15H19ClN4O/c16-13-11-18-20(12-13)10-9-19-7-4-15(21,5-8-19)14-3-1-2-6-17-14/h1-3,6,11-12,21H,4-5,7-10H2. The number of aromatic nitrogens is 3. The third-order valence-electron chi connectivity index (χ3n) is 4.07. The molecule has 1 aliphatic heterocycles. The Morgan fingerprint density at radius 2 is 2.05 bits per heavy atom. The van der Waals surface area contributed by atoms with Gasteiger partial charge in [0.1, 0.15) is 5.60 Å². The second-order valence-corrected chi connectivity index (χ2v) is 5.95. The predicted octanol–water partition coefficient (Wildman–Crippen LogP) is 1.92. The fraction of sp³-hybridized carbons (Fsp3) is 0.467. The van der Waals surface area contributed by atoms with Gasteiger partial charge in [-0.3, -0.25) is 9.67 Å². The van der Waals surface area contributed by atoms with Crippen molar-refractivity contribution in [3.63, 3.8) is 0 Å². The summed E-state index contributed by atoms with van der Waals surface area (Å²) in [7, 11) is 0. The first-order chi connectivity index (χ1) is 10.2. The summed E-state index contributed by atoms with van der Waals surface area (Å²) >= 11 is 5.85. The molecule has 0 spiro atoms. The minimum atomic E-state index is -0.785. The number of aliphatic hydroxyl groups is 1. The first-order valence-electron chi connectivity index (χ1n) is 7.20. The Hall–Kier alpha value is -1.43. The number of pyridine rings is 1. The van der Waals surface area contributed by atoms with Gasteiger partial charge in [0.2, 0.25) is 0 Å². The van der Waals surface area contributed by atoms with Gasteiger partial charge in [-0.2, -0.15) is 5.10 Å². The molecule has 1 aliphatic rings. The van der Waals surface area contributed by atoms with Gasteiger partial charge in [-0.15, -0.1) is 0 Å². The van der Waals surface area contributed by atoms with E-state index in [0.717, 1.165) is 31.9 Å². The highest BCUT2D eigenvalue weighted by molar-refractivity contribution is 6.30. The maximum Gasteiger partial charge on any atom is 0.109 e. The molecular formula is C15H19ClN4O. The molecule has 3 rings (SSSR count). The van der Waals surface area contributed by atoms with Crippen molar-refractivity contribution in [3.05, 3.63) is 47.5 Å². The highest BCUT2D eigenvalue weighted by Gasteiger charge is 2.34. The Kier molecular flexibility index (Phi) is 4.24. The fourth-order valence-electron chi connectivity index (χ4n) is 2.75. The minimum Gasteiger partial charge on any atom is -0.383 e. The van der Waals surface area contributed by atoms with Crippen LogP contribution < -0.4 is 0 Å². The molecule has 0 saturated carbocycles. The van der Waals surface area contributed by atoms with Crippen molar-refractivity contribution in [2.75, 3.05) is 19.6 Å². The average molecular weight is 307 g/mol. The van der Waals surface area contributed by atoms with Gasteiger partial charge in [-0.1, -0.05) is 17.7 Å². The topological polar surface area (TPSA) is 54.2 Å². The van der Waals surface area contributed by atoms with Gasteiger partial charge in [0.05, 0.1) is 23.5 Å². The molecule has 112 valence electrons. The van der Waals surface area contributed by atoms with Crippen LogP contribution in [0.25, 0.3) is 0 Å².